The monoisotopic (exact) mass is 361 g/mol. The van der Waals surface area contributed by atoms with Crippen molar-refractivity contribution in [2.24, 2.45) is 0 Å². The largest absolute Gasteiger partial charge is 0.318 e. The van der Waals surface area contributed by atoms with Gasteiger partial charge in [0, 0.05) is 40.1 Å². The highest BCUT2D eigenvalue weighted by Gasteiger charge is 2.20. The number of pyridine rings is 1. The molecular weight excluding hydrogens is 346 g/mol. The van der Waals surface area contributed by atoms with E-state index in [1.165, 1.54) is 0 Å². The van der Waals surface area contributed by atoms with E-state index >= 15 is 0 Å². The van der Waals surface area contributed by atoms with Crippen LogP contribution < -0.4 is 0 Å². The molecule has 0 aliphatic rings. The van der Waals surface area contributed by atoms with Crippen molar-refractivity contribution in [2.45, 2.75) is 13.8 Å². The van der Waals surface area contributed by atoms with Crippen molar-refractivity contribution in [3.8, 4) is 11.8 Å². The van der Waals surface area contributed by atoms with Crippen molar-refractivity contribution in [3.05, 3.63) is 88.0 Å². The molecule has 2 aromatic heterocycles. The van der Waals surface area contributed by atoms with E-state index in [0.29, 0.717) is 10.6 Å². The molecule has 3 rings (SSSR count). The average molecular weight is 362 g/mol. The maximum Gasteiger partial charge on any atom is 0.205 e. The lowest BCUT2D eigenvalue weighted by Crippen LogP contribution is -2.05. The van der Waals surface area contributed by atoms with Gasteiger partial charge in [-0.2, -0.15) is 5.26 Å². The fourth-order valence-electron chi connectivity index (χ4n) is 2.90. The molecule has 0 saturated carbocycles. The number of carbonyl (C=O) groups is 1. The third-order valence-electron chi connectivity index (χ3n) is 4.14. The molecule has 128 valence electrons. The van der Waals surface area contributed by atoms with Crippen molar-refractivity contribution in [1.82, 2.24) is 9.55 Å². The van der Waals surface area contributed by atoms with Gasteiger partial charge in [-0.3, -0.25) is 9.78 Å². The van der Waals surface area contributed by atoms with Gasteiger partial charge < -0.3 is 4.57 Å². The summed E-state index contributed by atoms with van der Waals surface area (Å²) in [5, 5.41) is 10.1. The molecule has 0 bridgehead atoms. The summed E-state index contributed by atoms with van der Waals surface area (Å²) in [4.78, 5) is 16.9. The molecule has 0 N–H and O–H groups in total. The van der Waals surface area contributed by atoms with Crippen LogP contribution in [-0.2, 0) is 0 Å². The van der Waals surface area contributed by atoms with E-state index in [1.807, 2.05) is 42.7 Å². The molecule has 0 spiro atoms. The molecule has 0 aliphatic carbocycles. The molecule has 0 aliphatic heterocycles. The predicted octanol–water partition coefficient (Wildman–Crippen LogP) is 4.93. The quantitative estimate of drug-likeness (QED) is 0.376. The second kappa shape index (κ2) is 7.38. The number of halogens is 1. The Morgan fingerprint density at radius 3 is 2.42 bits per heavy atom. The number of nitrogens with zero attached hydrogens (tertiary/aromatic N) is 3. The number of Topliss-reactive ketones (excluding diaryl/α,β-unsaturated/α-hetero) is 1. The number of rotatable bonds is 4. The molecule has 0 atom stereocenters. The third-order valence-corrected chi connectivity index (χ3v) is 4.39. The second-order valence-corrected chi connectivity index (χ2v) is 6.31. The van der Waals surface area contributed by atoms with Crippen LogP contribution in [0.15, 0.2) is 60.4 Å². The summed E-state index contributed by atoms with van der Waals surface area (Å²) in [7, 11) is 0. The lowest BCUT2D eigenvalue weighted by molar-refractivity contribution is 0.103. The molecular formula is C21H16ClN3O. The number of allylic oxidation sites excluding steroid dienone is 1. The first-order valence-corrected chi connectivity index (χ1v) is 8.40. The van der Waals surface area contributed by atoms with Gasteiger partial charge in [-0.05, 0) is 68.0 Å². The van der Waals surface area contributed by atoms with E-state index in [-0.39, 0.29) is 11.4 Å². The highest BCUT2D eigenvalue weighted by molar-refractivity contribution is 6.30. The van der Waals surface area contributed by atoms with Crippen molar-refractivity contribution in [3.63, 3.8) is 0 Å². The van der Waals surface area contributed by atoms with Gasteiger partial charge in [0.15, 0.2) is 0 Å². The lowest BCUT2D eigenvalue weighted by atomic mass is 10.0. The fourth-order valence-corrected chi connectivity index (χ4v) is 3.03. The molecule has 0 amide bonds. The maximum absolute atomic E-state index is 12.9. The number of nitriles is 1. The Bertz CT molecular complexity index is 1030. The Labute approximate surface area is 157 Å². The Morgan fingerprint density at radius 1 is 1.15 bits per heavy atom. The maximum atomic E-state index is 12.9. The number of benzene rings is 1. The predicted molar refractivity (Wildman–Crippen MR) is 102 cm³/mol. The smallest absolute Gasteiger partial charge is 0.205 e. The minimum Gasteiger partial charge on any atom is -0.318 e. The number of ketones is 1. The van der Waals surface area contributed by atoms with Gasteiger partial charge in [-0.15, -0.1) is 0 Å². The zero-order valence-electron chi connectivity index (χ0n) is 14.4. The number of hydrogen-bond donors (Lipinski definition) is 0. The van der Waals surface area contributed by atoms with Crippen LogP contribution >= 0.6 is 11.6 Å². The van der Waals surface area contributed by atoms with Crippen LogP contribution in [0, 0.1) is 25.2 Å². The number of hydrogen-bond acceptors (Lipinski definition) is 3. The van der Waals surface area contributed by atoms with Gasteiger partial charge in [0.05, 0.1) is 0 Å². The van der Waals surface area contributed by atoms with Crippen LogP contribution in [0.2, 0.25) is 5.02 Å². The van der Waals surface area contributed by atoms with Gasteiger partial charge in [-0.1, -0.05) is 11.6 Å². The Kier molecular flexibility index (Phi) is 5.01. The van der Waals surface area contributed by atoms with Crippen LogP contribution in [-0.4, -0.2) is 15.3 Å². The van der Waals surface area contributed by atoms with E-state index in [9.17, 15) is 10.1 Å². The van der Waals surface area contributed by atoms with Crippen molar-refractivity contribution < 1.29 is 4.79 Å². The van der Waals surface area contributed by atoms with Crippen molar-refractivity contribution in [1.29, 1.82) is 5.26 Å². The summed E-state index contributed by atoms with van der Waals surface area (Å²) in [6.07, 6.45) is 4.83. The molecule has 26 heavy (non-hydrogen) atoms. The molecule has 2 heterocycles. The van der Waals surface area contributed by atoms with E-state index in [0.717, 1.165) is 22.6 Å². The first-order chi connectivity index (χ1) is 12.5. The standard InChI is InChI=1S/C21H16ClN3O/c1-14-11-20(15(2)25(14)19-5-3-18(22)4-6-19)21(26)17(13-23)12-16-7-9-24-10-8-16/h3-12H,1-2H3/b17-12+. The number of aryl methyl sites for hydroxylation is 1. The minimum absolute atomic E-state index is 0.0903. The number of carbonyl (C=O) groups excluding carboxylic acids is 1. The van der Waals surface area contributed by atoms with Gasteiger partial charge >= 0.3 is 0 Å². The first kappa shape index (κ1) is 17.7. The first-order valence-electron chi connectivity index (χ1n) is 8.02. The normalized spacial score (nSPS) is 11.2. The van der Waals surface area contributed by atoms with Gasteiger partial charge in [0.1, 0.15) is 11.6 Å². The van der Waals surface area contributed by atoms with Crippen molar-refractivity contribution in [2.75, 3.05) is 0 Å². The summed E-state index contributed by atoms with van der Waals surface area (Å²) in [5.41, 5.74) is 3.98. The average Bonchev–Trinajstić information content (AvgIpc) is 2.95. The fraction of sp³-hybridized carbons (Fsp3) is 0.0952. The second-order valence-electron chi connectivity index (χ2n) is 5.88. The van der Waals surface area contributed by atoms with Crippen LogP contribution in [0.4, 0.5) is 0 Å². The zero-order chi connectivity index (χ0) is 18.7. The van der Waals surface area contributed by atoms with E-state index < -0.39 is 0 Å². The molecule has 0 radical (unpaired) electrons. The third kappa shape index (κ3) is 3.44. The topological polar surface area (TPSA) is 58.7 Å². The molecule has 0 fully saturated rings. The van der Waals surface area contributed by atoms with Crippen LogP contribution in [0.1, 0.15) is 27.3 Å². The van der Waals surface area contributed by atoms with Crippen LogP contribution in [0.3, 0.4) is 0 Å². The van der Waals surface area contributed by atoms with E-state index in [2.05, 4.69) is 4.98 Å². The van der Waals surface area contributed by atoms with Gasteiger partial charge in [0.25, 0.3) is 0 Å². The zero-order valence-corrected chi connectivity index (χ0v) is 15.2. The Morgan fingerprint density at radius 2 is 1.81 bits per heavy atom. The van der Waals surface area contributed by atoms with Crippen LogP contribution in [0.5, 0.6) is 0 Å². The Hall–Kier alpha value is -3.16. The molecule has 5 heteroatoms. The SMILES string of the molecule is Cc1cc(C(=O)/C(C#N)=C/c2ccncc2)c(C)n1-c1ccc(Cl)cc1. The highest BCUT2D eigenvalue weighted by atomic mass is 35.5. The van der Waals surface area contributed by atoms with Crippen molar-refractivity contribution >= 4 is 23.5 Å². The van der Waals surface area contributed by atoms with Gasteiger partial charge in [0.2, 0.25) is 5.78 Å². The number of aromatic nitrogens is 2. The summed E-state index contributed by atoms with van der Waals surface area (Å²) < 4.78 is 1.98. The summed E-state index contributed by atoms with van der Waals surface area (Å²) in [6, 6.07) is 14.7. The van der Waals surface area contributed by atoms with E-state index in [1.54, 1.807) is 42.7 Å². The van der Waals surface area contributed by atoms with Gasteiger partial charge in [-0.25, -0.2) is 0 Å². The molecule has 0 saturated heterocycles. The molecule has 4 nitrogen and oxygen atoms in total. The molecule has 1 aromatic carbocycles. The summed E-state index contributed by atoms with van der Waals surface area (Å²) >= 11 is 5.96. The lowest BCUT2D eigenvalue weighted by Gasteiger charge is -2.10. The summed E-state index contributed by atoms with van der Waals surface area (Å²) in [6.45, 7) is 3.80. The highest BCUT2D eigenvalue weighted by Crippen LogP contribution is 2.24. The summed E-state index contributed by atoms with van der Waals surface area (Å²) in [5.74, 6) is -0.294. The van der Waals surface area contributed by atoms with Crippen LogP contribution in [0.25, 0.3) is 11.8 Å². The molecule has 3 aromatic rings. The molecule has 0 unspecified atom stereocenters. The Balaban J connectivity index is 2.03. The van der Waals surface area contributed by atoms with E-state index in [4.69, 9.17) is 11.6 Å². The minimum atomic E-state index is -0.294.